The van der Waals surface area contributed by atoms with Gasteiger partial charge in [0.15, 0.2) is 5.76 Å². The second-order valence-electron chi connectivity index (χ2n) is 3.19. The van der Waals surface area contributed by atoms with Crippen LogP contribution >= 0.6 is 0 Å². The van der Waals surface area contributed by atoms with Crippen LogP contribution in [0, 0.1) is 0 Å². The van der Waals surface area contributed by atoms with Crippen LogP contribution in [0.1, 0.15) is 29.3 Å². The average molecular weight is 182 g/mol. The van der Waals surface area contributed by atoms with Crippen LogP contribution in [-0.2, 0) is 0 Å². The Morgan fingerprint density at radius 1 is 1.54 bits per heavy atom. The van der Waals surface area contributed by atoms with Crippen molar-refractivity contribution in [3.63, 3.8) is 0 Å². The highest BCUT2D eigenvalue weighted by Gasteiger charge is 2.13. The van der Waals surface area contributed by atoms with Gasteiger partial charge < -0.3 is 15.1 Å². The molecule has 1 unspecified atom stereocenters. The molecular weight excluding hydrogens is 168 g/mol. The van der Waals surface area contributed by atoms with E-state index in [0.29, 0.717) is 11.5 Å². The molecule has 2 N–H and O–H groups in total. The lowest BCUT2D eigenvalue weighted by Gasteiger charge is -2.07. The van der Waals surface area contributed by atoms with Crippen molar-refractivity contribution in [1.82, 2.24) is 4.90 Å². The van der Waals surface area contributed by atoms with E-state index in [1.54, 1.807) is 26.2 Å². The van der Waals surface area contributed by atoms with Crippen molar-refractivity contribution in [2.45, 2.75) is 13.0 Å². The molecule has 0 saturated heterocycles. The number of hydrogen-bond acceptors (Lipinski definition) is 3. The van der Waals surface area contributed by atoms with Crippen molar-refractivity contribution in [2.24, 2.45) is 5.73 Å². The van der Waals surface area contributed by atoms with Gasteiger partial charge in [-0.25, -0.2) is 0 Å². The van der Waals surface area contributed by atoms with Gasteiger partial charge in [-0.2, -0.15) is 0 Å². The maximum atomic E-state index is 11.4. The second kappa shape index (κ2) is 3.62. The zero-order valence-corrected chi connectivity index (χ0v) is 8.07. The van der Waals surface area contributed by atoms with Gasteiger partial charge in [0.05, 0.1) is 6.04 Å². The Balaban J connectivity index is 2.86. The molecule has 1 heterocycles. The van der Waals surface area contributed by atoms with Crippen molar-refractivity contribution in [3.05, 3.63) is 23.7 Å². The molecule has 1 rings (SSSR count). The average Bonchev–Trinajstić information content (AvgIpc) is 2.50. The molecule has 0 aliphatic carbocycles. The summed E-state index contributed by atoms with van der Waals surface area (Å²) in [7, 11) is 3.35. The first-order valence-electron chi connectivity index (χ1n) is 4.09. The zero-order chi connectivity index (χ0) is 10.0. The Morgan fingerprint density at radius 3 is 2.54 bits per heavy atom. The summed E-state index contributed by atoms with van der Waals surface area (Å²) in [6.07, 6.45) is 0. The first-order chi connectivity index (χ1) is 6.02. The lowest BCUT2D eigenvalue weighted by Crippen LogP contribution is -2.21. The molecule has 1 amide bonds. The van der Waals surface area contributed by atoms with Crippen LogP contribution in [0.25, 0.3) is 0 Å². The zero-order valence-electron chi connectivity index (χ0n) is 8.07. The monoisotopic (exact) mass is 182 g/mol. The first kappa shape index (κ1) is 9.80. The lowest BCUT2D eigenvalue weighted by molar-refractivity contribution is 0.0794. The predicted molar refractivity (Wildman–Crippen MR) is 49.3 cm³/mol. The van der Waals surface area contributed by atoms with Gasteiger partial charge >= 0.3 is 0 Å². The van der Waals surface area contributed by atoms with Crippen LogP contribution in [0.15, 0.2) is 16.5 Å². The molecule has 0 fully saturated rings. The van der Waals surface area contributed by atoms with Crippen molar-refractivity contribution in [1.29, 1.82) is 0 Å². The van der Waals surface area contributed by atoms with Crippen LogP contribution in [0.4, 0.5) is 0 Å². The normalized spacial score (nSPS) is 12.6. The van der Waals surface area contributed by atoms with E-state index < -0.39 is 0 Å². The van der Waals surface area contributed by atoms with Crippen LogP contribution in [-0.4, -0.2) is 24.9 Å². The maximum absolute atomic E-state index is 11.4. The van der Waals surface area contributed by atoms with E-state index in [9.17, 15) is 4.79 Å². The third-order valence-electron chi connectivity index (χ3n) is 1.69. The number of rotatable bonds is 2. The lowest BCUT2D eigenvalue weighted by atomic mass is 10.3. The molecule has 0 aliphatic rings. The molecule has 4 heteroatoms. The second-order valence-corrected chi connectivity index (χ2v) is 3.19. The van der Waals surface area contributed by atoms with Gasteiger partial charge in [0.2, 0.25) is 0 Å². The molecule has 1 atom stereocenters. The van der Waals surface area contributed by atoms with E-state index >= 15 is 0 Å². The summed E-state index contributed by atoms with van der Waals surface area (Å²) in [5.41, 5.74) is 5.58. The molecule has 1 aromatic rings. The van der Waals surface area contributed by atoms with Gasteiger partial charge in [0.25, 0.3) is 5.91 Å². The fourth-order valence-electron chi connectivity index (χ4n) is 0.933. The van der Waals surface area contributed by atoms with E-state index in [0.717, 1.165) is 0 Å². The van der Waals surface area contributed by atoms with E-state index in [1.807, 2.05) is 6.92 Å². The Labute approximate surface area is 77.3 Å². The number of hydrogen-bond donors (Lipinski definition) is 1. The first-order valence-corrected chi connectivity index (χ1v) is 4.09. The van der Waals surface area contributed by atoms with Gasteiger partial charge in [0.1, 0.15) is 5.76 Å². The summed E-state index contributed by atoms with van der Waals surface area (Å²) >= 11 is 0. The molecule has 4 nitrogen and oxygen atoms in total. The summed E-state index contributed by atoms with van der Waals surface area (Å²) in [6.45, 7) is 1.81. The quantitative estimate of drug-likeness (QED) is 0.742. The van der Waals surface area contributed by atoms with Crippen molar-refractivity contribution in [3.8, 4) is 0 Å². The predicted octanol–water partition coefficient (Wildman–Crippen LogP) is 1.00. The van der Waals surface area contributed by atoms with Crippen molar-refractivity contribution in [2.75, 3.05) is 14.1 Å². The molecule has 0 spiro atoms. The highest BCUT2D eigenvalue weighted by atomic mass is 16.4. The highest BCUT2D eigenvalue weighted by molar-refractivity contribution is 5.91. The van der Waals surface area contributed by atoms with Crippen LogP contribution in [0.3, 0.4) is 0 Å². The third-order valence-corrected chi connectivity index (χ3v) is 1.69. The summed E-state index contributed by atoms with van der Waals surface area (Å²) in [6, 6.07) is 3.19. The highest BCUT2D eigenvalue weighted by Crippen LogP contribution is 2.14. The molecule has 1 aromatic heterocycles. The molecule has 13 heavy (non-hydrogen) atoms. The Morgan fingerprint density at radius 2 is 2.15 bits per heavy atom. The van der Waals surface area contributed by atoms with E-state index in [4.69, 9.17) is 10.2 Å². The van der Waals surface area contributed by atoms with Gasteiger partial charge in [0, 0.05) is 14.1 Å². The number of nitrogens with zero attached hydrogens (tertiary/aromatic N) is 1. The van der Waals surface area contributed by atoms with E-state index in [-0.39, 0.29) is 11.9 Å². The Kier molecular flexibility index (Phi) is 2.72. The van der Waals surface area contributed by atoms with Gasteiger partial charge in [-0.3, -0.25) is 4.79 Å². The SMILES string of the molecule is CC(N)c1ccc(C(=O)N(C)C)o1. The van der Waals surface area contributed by atoms with E-state index in [1.165, 1.54) is 4.90 Å². The molecule has 0 bridgehead atoms. The fraction of sp³-hybridized carbons (Fsp3) is 0.444. The van der Waals surface area contributed by atoms with Gasteiger partial charge in [-0.15, -0.1) is 0 Å². The molecule has 0 radical (unpaired) electrons. The largest absolute Gasteiger partial charge is 0.454 e. The molecule has 72 valence electrons. The Hall–Kier alpha value is -1.29. The van der Waals surface area contributed by atoms with Crippen LogP contribution in [0.2, 0.25) is 0 Å². The maximum Gasteiger partial charge on any atom is 0.289 e. The standard InChI is InChI=1S/C9H14N2O2/c1-6(10)7-4-5-8(13-7)9(12)11(2)3/h4-6H,10H2,1-3H3. The van der Waals surface area contributed by atoms with Crippen LogP contribution in [0.5, 0.6) is 0 Å². The topological polar surface area (TPSA) is 59.5 Å². The van der Waals surface area contributed by atoms with E-state index in [2.05, 4.69) is 0 Å². The van der Waals surface area contributed by atoms with Crippen molar-refractivity contribution < 1.29 is 9.21 Å². The summed E-state index contributed by atoms with van der Waals surface area (Å²) in [5.74, 6) is 0.814. The number of carbonyl (C=O) groups is 1. The smallest absolute Gasteiger partial charge is 0.289 e. The minimum absolute atomic E-state index is 0.146. The minimum atomic E-state index is -0.177. The van der Waals surface area contributed by atoms with Crippen LogP contribution < -0.4 is 5.73 Å². The Bertz CT molecular complexity index is 302. The van der Waals surface area contributed by atoms with Gasteiger partial charge in [-0.1, -0.05) is 0 Å². The molecular formula is C9H14N2O2. The molecule has 0 aromatic carbocycles. The summed E-state index contributed by atoms with van der Waals surface area (Å²) < 4.78 is 5.25. The number of carbonyl (C=O) groups excluding carboxylic acids is 1. The number of furan rings is 1. The van der Waals surface area contributed by atoms with Gasteiger partial charge in [-0.05, 0) is 19.1 Å². The molecule has 0 saturated carbocycles. The minimum Gasteiger partial charge on any atom is -0.454 e. The number of nitrogens with two attached hydrogens (primary N) is 1. The van der Waals surface area contributed by atoms with Crippen molar-refractivity contribution >= 4 is 5.91 Å². The number of amides is 1. The fourth-order valence-corrected chi connectivity index (χ4v) is 0.933. The summed E-state index contributed by atoms with van der Waals surface area (Å²) in [4.78, 5) is 12.8. The summed E-state index contributed by atoms with van der Waals surface area (Å²) in [5, 5.41) is 0. The molecule has 0 aliphatic heterocycles. The third kappa shape index (κ3) is 2.09.